The van der Waals surface area contributed by atoms with Crippen LogP contribution in [-0.4, -0.2) is 29.3 Å². The van der Waals surface area contributed by atoms with Crippen molar-refractivity contribution in [1.82, 2.24) is 15.1 Å². The van der Waals surface area contributed by atoms with Crippen molar-refractivity contribution in [2.45, 2.75) is 20.4 Å². The summed E-state index contributed by atoms with van der Waals surface area (Å²) >= 11 is 6.01. The molecule has 1 heterocycles. The van der Waals surface area contributed by atoms with E-state index in [-0.39, 0.29) is 10.9 Å². The van der Waals surface area contributed by atoms with Gasteiger partial charge in [0.15, 0.2) is 0 Å². The Kier molecular flexibility index (Phi) is 5.33. The molecule has 0 unspecified atom stereocenters. The highest BCUT2D eigenvalue weighted by Crippen LogP contribution is 2.20. The number of amides is 1. The van der Waals surface area contributed by atoms with Crippen molar-refractivity contribution in [2.24, 2.45) is 5.41 Å². The highest BCUT2D eigenvalue weighted by Gasteiger charge is 2.26. The second-order valence-electron chi connectivity index (χ2n) is 4.96. The number of anilines is 1. The molecule has 0 bridgehead atoms. The first-order chi connectivity index (χ1) is 9.33. The number of rotatable bonds is 6. The molecule has 0 atom stereocenters. The van der Waals surface area contributed by atoms with Crippen LogP contribution in [0.1, 0.15) is 13.8 Å². The zero-order valence-electron chi connectivity index (χ0n) is 11.9. The largest absolute Gasteiger partial charge is 0.381 e. The number of hydrogen-bond donors (Lipinski definition) is 2. The van der Waals surface area contributed by atoms with E-state index in [1.807, 2.05) is 0 Å². The summed E-state index contributed by atoms with van der Waals surface area (Å²) in [7, 11) is 1.58. The summed E-state index contributed by atoms with van der Waals surface area (Å²) in [6.45, 7) is 7.75. The SMILES string of the molecule is C=CCn1ncc(NCC(C)(C)C(=O)NC)c(Cl)c1=O. The fourth-order valence-electron chi connectivity index (χ4n) is 1.58. The summed E-state index contributed by atoms with van der Waals surface area (Å²) in [6, 6.07) is 0. The molecule has 1 amide bonds. The number of aromatic nitrogens is 2. The van der Waals surface area contributed by atoms with Gasteiger partial charge >= 0.3 is 0 Å². The first-order valence-electron chi connectivity index (χ1n) is 6.16. The van der Waals surface area contributed by atoms with Gasteiger partial charge in [0.1, 0.15) is 5.02 Å². The number of carbonyl (C=O) groups is 1. The molecule has 110 valence electrons. The van der Waals surface area contributed by atoms with Crippen LogP contribution in [0, 0.1) is 5.41 Å². The van der Waals surface area contributed by atoms with E-state index < -0.39 is 11.0 Å². The van der Waals surface area contributed by atoms with E-state index in [9.17, 15) is 9.59 Å². The molecule has 0 aliphatic carbocycles. The molecule has 0 saturated heterocycles. The summed E-state index contributed by atoms with van der Waals surface area (Å²) in [5.41, 5.74) is -0.614. The van der Waals surface area contributed by atoms with E-state index in [1.165, 1.54) is 10.9 Å². The molecule has 0 saturated carbocycles. The van der Waals surface area contributed by atoms with Crippen molar-refractivity contribution in [3.63, 3.8) is 0 Å². The normalized spacial score (nSPS) is 11.0. The van der Waals surface area contributed by atoms with Gasteiger partial charge in [-0.25, -0.2) is 4.68 Å². The molecular weight excluding hydrogens is 280 g/mol. The summed E-state index contributed by atoms with van der Waals surface area (Å²) in [4.78, 5) is 23.6. The molecule has 2 N–H and O–H groups in total. The predicted molar refractivity (Wildman–Crippen MR) is 80.0 cm³/mol. The maximum Gasteiger partial charge on any atom is 0.287 e. The molecule has 6 nitrogen and oxygen atoms in total. The van der Waals surface area contributed by atoms with Crippen LogP contribution in [0.25, 0.3) is 0 Å². The molecule has 0 aliphatic rings. The van der Waals surface area contributed by atoms with Gasteiger partial charge in [-0.3, -0.25) is 9.59 Å². The number of allylic oxidation sites excluding steroid dienone is 1. The Balaban J connectivity index is 2.90. The lowest BCUT2D eigenvalue weighted by molar-refractivity contribution is -0.128. The number of carbonyl (C=O) groups excluding carboxylic acids is 1. The molecule has 20 heavy (non-hydrogen) atoms. The zero-order valence-corrected chi connectivity index (χ0v) is 12.6. The Morgan fingerprint density at radius 2 is 2.25 bits per heavy atom. The Morgan fingerprint density at radius 1 is 1.60 bits per heavy atom. The zero-order chi connectivity index (χ0) is 15.3. The Morgan fingerprint density at radius 3 is 2.80 bits per heavy atom. The molecule has 0 aromatic carbocycles. The highest BCUT2D eigenvalue weighted by molar-refractivity contribution is 6.32. The molecular formula is C13H19ClN4O2. The Hall–Kier alpha value is -1.82. The first kappa shape index (κ1) is 16.2. The average molecular weight is 299 g/mol. The summed E-state index contributed by atoms with van der Waals surface area (Å²) in [6.07, 6.45) is 3.03. The number of nitrogens with zero attached hydrogens (tertiary/aromatic N) is 2. The van der Waals surface area contributed by atoms with Crippen LogP contribution in [0.5, 0.6) is 0 Å². The van der Waals surface area contributed by atoms with Gasteiger partial charge in [-0.05, 0) is 13.8 Å². The minimum Gasteiger partial charge on any atom is -0.381 e. The van der Waals surface area contributed by atoms with E-state index in [2.05, 4.69) is 22.3 Å². The van der Waals surface area contributed by atoms with Crippen LogP contribution in [-0.2, 0) is 11.3 Å². The molecule has 1 aromatic rings. The standard InChI is InChI=1S/C13H19ClN4O2/c1-5-6-18-11(19)10(14)9(7-17-18)16-8-13(2,3)12(20)15-4/h5,7,16H,1,6,8H2,2-4H3,(H,15,20). The van der Waals surface area contributed by atoms with Crippen LogP contribution in [0.3, 0.4) is 0 Å². The average Bonchev–Trinajstić information content (AvgIpc) is 2.42. The molecule has 0 radical (unpaired) electrons. The van der Waals surface area contributed by atoms with Crippen molar-refractivity contribution in [1.29, 1.82) is 0 Å². The molecule has 0 spiro atoms. The molecule has 0 fully saturated rings. The van der Waals surface area contributed by atoms with E-state index in [4.69, 9.17) is 11.6 Å². The number of halogens is 1. The summed E-state index contributed by atoms with van der Waals surface area (Å²) in [5.74, 6) is -0.103. The minimum atomic E-state index is -0.631. The highest BCUT2D eigenvalue weighted by atomic mass is 35.5. The fraction of sp³-hybridized carbons (Fsp3) is 0.462. The molecule has 7 heteroatoms. The maximum absolute atomic E-state index is 11.9. The quantitative estimate of drug-likeness (QED) is 0.776. The Bertz CT molecular complexity index is 566. The van der Waals surface area contributed by atoms with Crippen LogP contribution >= 0.6 is 11.6 Å². The van der Waals surface area contributed by atoms with Gasteiger partial charge in [-0.2, -0.15) is 5.10 Å². The van der Waals surface area contributed by atoms with Crippen LogP contribution in [0.2, 0.25) is 5.02 Å². The van der Waals surface area contributed by atoms with Gasteiger partial charge in [0.05, 0.1) is 23.8 Å². The predicted octanol–water partition coefficient (Wildman–Crippen LogP) is 1.27. The van der Waals surface area contributed by atoms with Crippen molar-refractivity contribution in [3.8, 4) is 0 Å². The molecule has 1 aromatic heterocycles. The summed E-state index contributed by atoms with van der Waals surface area (Å²) in [5, 5.41) is 9.60. The first-order valence-corrected chi connectivity index (χ1v) is 6.54. The van der Waals surface area contributed by atoms with Crippen molar-refractivity contribution >= 4 is 23.2 Å². The smallest absolute Gasteiger partial charge is 0.287 e. The van der Waals surface area contributed by atoms with Gasteiger partial charge in [0.2, 0.25) is 5.91 Å². The Labute approximate surface area is 122 Å². The van der Waals surface area contributed by atoms with Crippen LogP contribution < -0.4 is 16.2 Å². The minimum absolute atomic E-state index is 0.0505. The monoisotopic (exact) mass is 298 g/mol. The topological polar surface area (TPSA) is 76.0 Å². The van der Waals surface area contributed by atoms with Crippen molar-refractivity contribution in [3.05, 3.63) is 34.2 Å². The molecule has 1 rings (SSSR count). The third-order valence-electron chi connectivity index (χ3n) is 2.85. The third-order valence-corrected chi connectivity index (χ3v) is 3.21. The summed E-state index contributed by atoms with van der Waals surface area (Å²) < 4.78 is 1.21. The molecule has 0 aliphatic heterocycles. The van der Waals surface area contributed by atoms with Gasteiger partial charge < -0.3 is 10.6 Å². The lowest BCUT2D eigenvalue weighted by Crippen LogP contribution is -2.39. The van der Waals surface area contributed by atoms with E-state index in [0.717, 1.165) is 0 Å². The fourth-order valence-corrected chi connectivity index (χ4v) is 1.79. The van der Waals surface area contributed by atoms with Gasteiger partial charge in [-0.15, -0.1) is 6.58 Å². The lowest BCUT2D eigenvalue weighted by atomic mass is 9.92. The maximum atomic E-state index is 11.9. The van der Waals surface area contributed by atoms with Gasteiger partial charge in [0.25, 0.3) is 5.56 Å². The van der Waals surface area contributed by atoms with Crippen molar-refractivity contribution < 1.29 is 4.79 Å². The van der Waals surface area contributed by atoms with Crippen LogP contribution in [0.15, 0.2) is 23.6 Å². The lowest BCUT2D eigenvalue weighted by Gasteiger charge is -2.23. The third kappa shape index (κ3) is 3.60. The van der Waals surface area contributed by atoms with Gasteiger partial charge in [0, 0.05) is 13.6 Å². The van der Waals surface area contributed by atoms with E-state index in [0.29, 0.717) is 18.8 Å². The second kappa shape index (κ2) is 6.56. The number of hydrogen-bond acceptors (Lipinski definition) is 4. The van der Waals surface area contributed by atoms with E-state index >= 15 is 0 Å². The second-order valence-corrected chi connectivity index (χ2v) is 5.34. The van der Waals surface area contributed by atoms with E-state index in [1.54, 1.807) is 27.0 Å². The van der Waals surface area contributed by atoms with Crippen molar-refractivity contribution in [2.75, 3.05) is 18.9 Å². The van der Waals surface area contributed by atoms with Gasteiger partial charge in [-0.1, -0.05) is 17.7 Å². The number of nitrogens with one attached hydrogen (secondary N) is 2. The van der Waals surface area contributed by atoms with Crippen LogP contribution in [0.4, 0.5) is 5.69 Å².